The molecule has 1 heterocycles. The molecule has 6 heteroatoms. The topological polar surface area (TPSA) is 94.0 Å². The van der Waals surface area contributed by atoms with Crippen LogP contribution in [0, 0.1) is 5.92 Å². The lowest BCUT2D eigenvalue weighted by atomic mass is 9.89. The Labute approximate surface area is 119 Å². The molecule has 112 valence electrons. The molecule has 0 unspecified atom stereocenters. The zero-order chi connectivity index (χ0) is 14.5. The summed E-state index contributed by atoms with van der Waals surface area (Å²) in [5.74, 6) is 1.57. The molecule has 0 spiro atoms. The third-order valence-corrected chi connectivity index (χ3v) is 3.89. The van der Waals surface area contributed by atoms with Crippen molar-refractivity contribution in [1.29, 1.82) is 0 Å². The number of nitrogens with two attached hydrogens (primary N) is 1. The van der Waals surface area contributed by atoms with E-state index in [-0.39, 0.29) is 18.4 Å². The Kier molecular flexibility index (Phi) is 5.11. The standard InChI is InChI=1S/C14H24N4O2/c1-9(2)12(15)14(19)16-8-11-17-13(18-20-11)10-6-4-3-5-7-10/h9-10,12H,3-8,15H2,1-2H3,(H,16,19)/t12-/m0/s1. The van der Waals surface area contributed by atoms with Crippen molar-refractivity contribution in [3.8, 4) is 0 Å². The second-order valence-corrected chi connectivity index (χ2v) is 5.87. The molecule has 1 aromatic heterocycles. The average Bonchev–Trinajstić information content (AvgIpc) is 2.93. The van der Waals surface area contributed by atoms with Gasteiger partial charge in [0.05, 0.1) is 12.6 Å². The second kappa shape index (κ2) is 6.83. The van der Waals surface area contributed by atoms with E-state index in [0.29, 0.717) is 11.8 Å². The maximum atomic E-state index is 11.7. The van der Waals surface area contributed by atoms with Crippen LogP contribution in [0.3, 0.4) is 0 Å². The third kappa shape index (κ3) is 3.79. The van der Waals surface area contributed by atoms with Gasteiger partial charge in [0.2, 0.25) is 11.8 Å². The summed E-state index contributed by atoms with van der Waals surface area (Å²) in [4.78, 5) is 16.1. The number of amides is 1. The Morgan fingerprint density at radius 1 is 1.40 bits per heavy atom. The minimum atomic E-state index is -0.504. The van der Waals surface area contributed by atoms with Crippen molar-refractivity contribution >= 4 is 5.91 Å². The molecule has 1 amide bonds. The fourth-order valence-corrected chi connectivity index (χ4v) is 2.45. The summed E-state index contributed by atoms with van der Waals surface area (Å²) >= 11 is 0. The predicted molar refractivity (Wildman–Crippen MR) is 74.8 cm³/mol. The van der Waals surface area contributed by atoms with Gasteiger partial charge in [0.25, 0.3) is 0 Å². The zero-order valence-corrected chi connectivity index (χ0v) is 12.3. The van der Waals surface area contributed by atoms with Crippen molar-refractivity contribution in [2.45, 2.75) is 64.5 Å². The van der Waals surface area contributed by atoms with Gasteiger partial charge in [-0.15, -0.1) is 0 Å². The number of rotatable bonds is 5. The summed E-state index contributed by atoms with van der Waals surface area (Å²) in [5, 5.41) is 6.77. The molecule has 1 saturated carbocycles. The highest BCUT2D eigenvalue weighted by Crippen LogP contribution is 2.30. The first-order valence-corrected chi connectivity index (χ1v) is 7.43. The molecule has 2 rings (SSSR count). The highest BCUT2D eigenvalue weighted by atomic mass is 16.5. The summed E-state index contributed by atoms with van der Waals surface area (Å²) < 4.78 is 5.19. The molecule has 0 aliphatic heterocycles. The number of aromatic nitrogens is 2. The van der Waals surface area contributed by atoms with E-state index >= 15 is 0 Å². The zero-order valence-electron chi connectivity index (χ0n) is 12.3. The van der Waals surface area contributed by atoms with Gasteiger partial charge in [-0.2, -0.15) is 4.98 Å². The number of hydrogen-bond donors (Lipinski definition) is 2. The molecule has 1 atom stereocenters. The van der Waals surface area contributed by atoms with Gasteiger partial charge in [-0.3, -0.25) is 4.79 Å². The minimum absolute atomic E-state index is 0.107. The van der Waals surface area contributed by atoms with E-state index in [1.54, 1.807) is 0 Å². The quantitative estimate of drug-likeness (QED) is 0.856. The van der Waals surface area contributed by atoms with Crippen LogP contribution in [0.15, 0.2) is 4.52 Å². The summed E-state index contributed by atoms with van der Waals surface area (Å²) in [6.45, 7) is 4.08. The molecule has 0 aromatic carbocycles. The summed E-state index contributed by atoms with van der Waals surface area (Å²) in [7, 11) is 0. The highest BCUT2D eigenvalue weighted by Gasteiger charge is 2.22. The SMILES string of the molecule is CC(C)[C@H](N)C(=O)NCc1nc(C2CCCCC2)no1. The molecule has 1 fully saturated rings. The summed E-state index contributed by atoms with van der Waals surface area (Å²) in [6, 6.07) is -0.504. The number of carbonyl (C=O) groups is 1. The highest BCUT2D eigenvalue weighted by molar-refractivity contribution is 5.81. The van der Waals surface area contributed by atoms with Crippen LogP contribution in [0.25, 0.3) is 0 Å². The normalized spacial score (nSPS) is 18.2. The van der Waals surface area contributed by atoms with Gasteiger partial charge in [0, 0.05) is 5.92 Å². The Hall–Kier alpha value is -1.43. The third-order valence-electron chi connectivity index (χ3n) is 3.89. The number of nitrogens with zero attached hydrogens (tertiary/aromatic N) is 2. The molecule has 1 aliphatic rings. The van der Waals surface area contributed by atoms with Crippen LogP contribution in [0.5, 0.6) is 0 Å². The number of carbonyl (C=O) groups excluding carboxylic acids is 1. The Morgan fingerprint density at radius 3 is 2.75 bits per heavy atom. The van der Waals surface area contributed by atoms with Crippen LogP contribution >= 0.6 is 0 Å². The molecular weight excluding hydrogens is 256 g/mol. The molecule has 20 heavy (non-hydrogen) atoms. The van der Waals surface area contributed by atoms with Gasteiger partial charge in [-0.25, -0.2) is 0 Å². The first-order chi connectivity index (χ1) is 9.58. The first-order valence-electron chi connectivity index (χ1n) is 7.43. The lowest BCUT2D eigenvalue weighted by Gasteiger charge is -2.17. The van der Waals surface area contributed by atoms with Crippen molar-refractivity contribution in [2.24, 2.45) is 11.7 Å². The monoisotopic (exact) mass is 280 g/mol. The van der Waals surface area contributed by atoms with E-state index in [1.807, 2.05) is 13.8 Å². The fraction of sp³-hybridized carbons (Fsp3) is 0.786. The van der Waals surface area contributed by atoms with Gasteiger partial charge in [-0.1, -0.05) is 38.3 Å². The van der Waals surface area contributed by atoms with Crippen LogP contribution in [0.2, 0.25) is 0 Å². The number of nitrogens with one attached hydrogen (secondary N) is 1. The maximum Gasteiger partial charge on any atom is 0.246 e. The summed E-state index contributed by atoms with van der Waals surface area (Å²) in [5.41, 5.74) is 5.77. The van der Waals surface area contributed by atoms with Gasteiger partial charge >= 0.3 is 0 Å². The van der Waals surface area contributed by atoms with Crippen LogP contribution < -0.4 is 11.1 Å². The van der Waals surface area contributed by atoms with E-state index in [1.165, 1.54) is 19.3 Å². The molecule has 3 N–H and O–H groups in total. The van der Waals surface area contributed by atoms with E-state index in [0.717, 1.165) is 18.7 Å². The largest absolute Gasteiger partial charge is 0.346 e. The van der Waals surface area contributed by atoms with E-state index in [4.69, 9.17) is 10.3 Å². The maximum absolute atomic E-state index is 11.7. The van der Waals surface area contributed by atoms with Crippen molar-refractivity contribution in [2.75, 3.05) is 0 Å². The van der Waals surface area contributed by atoms with Crippen molar-refractivity contribution in [3.05, 3.63) is 11.7 Å². The van der Waals surface area contributed by atoms with Crippen molar-refractivity contribution in [3.63, 3.8) is 0 Å². The molecule has 6 nitrogen and oxygen atoms in total. The van der Waals surface area contributed by atoms with Crippen molar-refractivity contribution in [1.82, 2.24) is 15.5 Å². The lowest BCUT2D eigenvalue weighted by Crippen LogP contribution is -2.43. The smallest absolute Gasteiger partial charge is 0.246 e. The molecular formula is C14H24N4O2. The van der Waals surface area contributed by atoms with Crippen LogP contribution in [-0.4, -0.2) is 22.1 Å². The Balaban J connectivity index is 1.85. The Morgan fingerprint density at radius 2 is 2.10 bits per heavy atom. The second-order valence-electron chi connectivity index (χ2n) is 5.87. The number of hydrogen-bond acceptors (Lipinski definition) is 5. The van der Waals surface area contributed by atoms with E-state index in [2.05, 4.69) is 15.5 Å². The van der Waals surface area contributed by atoms with Gasteiger partial charge in [-0.05, 0) is 18.8 Å². The van der Waals surface area contributed by atoms with E-state index < -0.39 is 6.04 Å². The molecule has 1 aromatic rings. The van der Waals surface area contributed by atoms with Gasteiger partial charge in [0.15, 0.2) is 5.82 Å². The van der Waals surface area contributed by atoms with Gasteiger partial charge in [0.1, 0.15) is 0 Å². The fourth-order valence-electron chi connectivity index (χ4n) is 2.45. The average molecular weight is 280 g/mol. The Bertz CT molecular complexity index is 438. The molecule has 0 bridgehead atoms. The minimum Gasteiger partial charge on any atom is -0.346 e. The van der Waals surface area contributed by atoms with Crippen LogP contribution in [0.1, 0.15) is 63.6 Å². The molecule has 0 radical (unpaired) electrons. The lowest BCUT2D eigenvalue weighted by molar-refractivity contribution is -0.123. The predicted octanol–water partition coefficient (Wildman–Crippen LogP) is 1.72. The summed E-state index contributed by atoms with van der Waals surface area (Å²) in [6.07, 6.45) is 6.01. The van der Waals surface area contributed by atoms with E-state index in [9.17, 15) is 4.79 Å². The molecule has 0 saturated heterocycles. The van der Waals surface area contributed by atoms with Crippen LogP contribution in [-0.2, 0) is 11.3 Å². The van der Waals surface area contributed by atoms with Crippen LogP contribution in [0.4, 0.5) is 0 Å². The molecule has 1 aliphatic carbocycles. The van der Waals surface area contributed by atoms with Gasteiger partial charge < -0.3 is 15.6 Å². The van der Waals surface area contributed by atoms with Crippen molar-refractivity contribution < 1.29 is 9.32 Å². The first kappa shape index (κ1) is 15.0.